The first-order valence-electron chi connectivity index (χ1n) is 7.63. The summed E-state index contributed by atoms with van der Waals surface area (Å²) in [4.78, 5) is 12.5. The van der Waals surface area contributed by atoms with E-state index in [4.69, 9.17) is 23.2 Å². The number of sulfonamides is 1. The standard InChI is InChI=1S/C17H16Cl2N2O3S/c1-20-25(23,24)14-8-11(7-13(19)9-14)17(22)21-16-5-2-10-6-12(18)3-4-15(10)16/h3-4,6-9,16,20H,2,5H2,1H3,(H,21,22)/t16-/m1/s1. The summed E-state index contributed by atoms with van der Waals surface area (Å²) in [6, 6.07) is 9.53. The van der Waals surface area contributed by atoms with E-state index in [0.717, 1.165) is 24.0 Å². The number of rotatable bonds is 4. The van der Waals surface area contributed by atoms with Gasteiger partial charge >= 0.3 is 0 Å². The third-order valence-electron chi connectivity index (χ3n) is 4.20. The summed E-state index contributed by atoms with van der Waals surface area (Å²) in [6.45, 7) is 0. The quantitative estimate of drug-likeness (QED) is 0.828. The third-order valence-corrected chi connectivity index (χ3v) is 6.05. The summed E-state index contributed by atoms with van der Waals surface area (Å²) in [5, 5.41) is 3.79. The molecule has 2 aromatic rings. The predicted molar refractivity (Wildman–Crippen MR) is 97.7 cm³/mol. The second-order valence-electron chi connectivity index (χ2n) is 5.79. The molecule has 1 amide bonds. The molecule has 0 saturated heterocycles. The van der Waals surface area contributed by atoms with E-state index >= 15 is 0 Å². The number of carbonyl (C=O) groups is 1. The summed E-state index contributed by atoms with van der Waals surface area (Å²) in [7, 11) is -2.38. The fraction of sp³-hybridized carbons (Fsp3) is 0.235. The summed E-state index contributed by atoms with van der Waals surface area (Å²) in [5.41, 5.74) is 2.34. The van der Waals surface area contributed by atoms with Crippen molar-refractivity contribution in [2.75, 3.05) is 7.05 Å². The molecule has 5 nitrogen and oxygen atoms in total. The summed E-state index contributed by atoms with van der Waals surface area (Å²) >= 11 is 12.0. The van der Waals surface area contributed by atoms with E-state index in [1.165, 1.54) is 25.2 Å². The van der Waals surface area contributed by atoms with Crippen molar-refractivity contribution < 1.29 is 13.2 Å². The molecule has 0 bridgehead atoms. The highest BCUT2D eigenvalue weighted by Gasteiger charge is 2.25. The smallest absolute Gasteiger partial charge is 0.251 e. The molecule has 0 unspecified atom stereocenters. The van der Waals surface area contributed by atoms with Crippen molar-refractivity contribution in [2.45, 2.75) is 23.8 Å². The molecule has 1 atom stereocenters. The van der Waals surface area contributed by atoms with Crippen LogP contribution in [-0.4, -0.2) is 21.4 Å². The van der Waals surface area contributed by atoms with Crippen LogP contribution in [0.5, 0.6) is 0 Å². The molecule has 0 aliphatic heterocycles. The minimum atomic E-state index is -3.69. The lowest BCUT2D eigenvalue weighted by Gasteiger charge is -2.15. The molecule has 2 N–H and O–H groups in total. The van der Waals surface area contributed by atoms with Crippen LogP contribution in [-0.2, 0) is 16.4 Å². The molecule has 0 saturated carbocycles. The average Bonchev–Trinajstić information content (AvgIpc) is 2.96. The van der Waals surface area contributed by atoms with E-state index in [0.29, 0.717) is 5.02 Å². The molecular formula is C17H16Cl2N2O3S. The normalized spacial score (nSPS) is 16.5. The Kier molecular flexibility index (Phi) is 5.06. The van der Waals surface area contributed by atoms with Crippen LogP contribution in [0.15, 0.2) is 41.3 Å². The minimum absolute atomic E-state index is 0.0498. The van der Waals surface area contributed by atoms with Crippen LogP contribution in [0.3, 0.4) is 0 Å². The van der Waals surface area contributed by atoms with Gasteiger partial charge in [-0.2, -0.15) is 0 Å². The van der Waals surface area contributed by atoms with Crippen molar-refractivity contribution in [3.05, 3.63) is 63.1 Å². The van der Waals surface area contributed by atoms with Crippen molar-refractivity contribution >= 4 is 39.1 Å². The zero-order valence-corrected chi connectivity index (χ0v) is 15.7. The summed E-state index contributed by atoms with van der Waals surface area (Å²) in [5.74, 6) is -0.372. The van der Waals surface area contributed by atoms with Gasteiger partial charge in [-0.3, -0.25) is 4.79 Å². The zero-order valence-electron chi connectivity index (χ0n) is 13.3. The van der Waals surface area contributed by atoms with Crippen LogP contribution in [0.2, 0.25) is 10.0 Å². The monoisotopic (exact) mass is 398 g/mol. The Hall–Kier alpha value is -1.60. The molecule has 2 aromatic carbocycles. The Balaban J connectivity index is 1.86. The highest BCUT2D eigenvalue weighted by atomic mass is 35.5. The topological polar surface area (TPSA) is 75.3 Å². The van der Waals surface area contributed by atoms with Gasteiger partial charge in [0, 0.05) is 15.6 Å². The van der Waals surface area contributed by atoms with E-state index < -0.39 is 10.0 Å². The van der Waals surface area contributed by atoms with Gasteiger partial charge in [0.1, 0.15) is 0 Å². The Morgan fingerprint density at radius 3 is 2.60 bits per heavy atom. The van der Waals surface area contributed by atoms with Gasteiger partial charge in [-0.1, -0.05) is 29.3 Å². The van der Waals surface area contributed by atoms with Crippen LogP contribution in [0.25, 0.3) is 0 Å². The Bertz CT molecular complexity index is 945. The highest BCUT2D eigenvalue weighted by molar-refractivity contribution is 7.89. The second kappa shape index (κ2) is 6.96. The number of hydrogen-bond acceptors (Lipinski definition) is 3. The Morgan fingerprint density at radius 1 is 1.12 bits per heavy atom. The first-order chi connectivity index (χ1) is 11.8. The van der Waals surface area contributed by atoms with Crippen molar-refractivity contribution in [2.24, 2.45) is 0 Å². The molecule has 8 heteroatoms. The molecule has 1 aliphatic rings. The number of carbonyl (C=O) groups excluding carboxylic acids is 1. The molecule has 3 rings (SSSR count). The lowest BCUT2D eigenvalue weighted by Crippen LogP contribution is -2.27. The first-order valence-corrected chi connectivity index (χ1v) is 9.87. The molecule has 25 heavy (non-hydrogen) atoms. The number of amides is 1. The summed E-state index contributed by atoms with van der Waals surface area (Å²) < 4.78 is 26.1. The number of halogens is 2. The first kappa shape index (κ1) is 18.2. The Morgan fingerprint density at radius 2 is 1.88 bits per heavy atom. The van der Waals surface area contributed by atoms with E-state index in [1.54, 1.807) is 6.07 Å². The van der Waals surface area contributed by atoms with Crippen LogP contribution >= 0.6 is 23.2 Å². The number of fused-ring (bicyclic) bond motifs is 1. The zero-order chi connectivity index (χ0) is 18.2. The average molecular weight is 399 g/mol. The number of hydrogen-bond donors (Lipinski definition) is 2. The van der Waals surface area contributed by atoms with Gasteiger partial charge in [0.2, 0.25) is 10.0 Å². The maximum atomic E-state index is 12.6. The van der Waals surface area contributed by atoms with Gasteiger partial charge in [-0.25, -0.2) is 13.1 Å². The predicted octanol–water partition coefficient (Wildman–Crippen LogP) is 3.32. The summed E-state index contributed by atoms with van der Waals surface area (Å²) in [6.07, 6.45) is 1.60. The molecular weight excluding hydrogens is 383 g/mol. The molecule has 0 aromatic heterocycles. The van der Waals surface area contributed by atoms with Crippen LogP contribution in [0, 0.1) is 0 Å². The number of aryl methyl sites for hydroxylation is 1. The van der Waals surface area contributed by atoms with E-state index in [2.05, 4.69) is 10.0 Å². The molecule has 0 fully saturated rings. The maximum Gasteiger partial charge on any atom is 0.251 e. The van der Waals surface area contributed by atoms with Crippen molar-refractivity contribution in [1.29, 1.82) is 0 Å². The second-order valence-corrected chi connectivity index (χ2v) is 8.55. The fourth-order valence-corrected chi connectivity index (χ4v) is 4.24. The number of nitrogens with one attached hydrogen (secondary N) is 2. The Labute approximate surface area is 156 Å². The largest absolute Gasteiger partial charge is 0.345 e. The van der Waals surface area contributed by atoms with Gasteiger partial charge in [0.05, 0.1) is 10.9 Å². The lowest BCUT2D eigenvalue weighted by atomic mass is 10.1. The highest BCUT2D eigenvalue weighted by Crippen LogP contribution is 2.33. The van der Waals surface area contributed by atoms with Crippen molar-refractivity contribution in [3.8, 4) is 0 Å². The number of benzene rings is 2. The molecule has 0 spiro atoms. The van der Waals surface area contributed by atoms with Crippen LogP contribution in [0.4, 0.5) is 0 Å². The van der Waals surface area contributed by atoms with Gasteiger partial charge in [-0.05, 0) is 61.3 Å². The molecule has 132 valence electrons. The van der Waals surface area contributed by atoms with Gasteiger partial charge in [0.25, 0.3) is 5.91 Å². The van der Waals surface area contributed by atoms with Crippen molar-refractivity contribution in [3.63, 3.8) is 0 Å². The van der Waals surface area contributed by atoms with E-state index in [-0.39, 0.29) is 27.4 Å². The fourth-order valence-electron chi connectivity index (χ4n) is 2.94. The minimum Gasteiger partial charge on any atom is -0.345 e. The molecule has 0 radical (unpaired) electrons. The molecule has 0 heterocycles. The van der Waals surface area contributed by atoms with Crippen molar-refractivity contribution in [1.82, 2.24) is 10.0 Å². The van der Waals surface area contributed by atoms with Crippen LogP contribution in [0.1, 0.15) is 33.9 Å². The van der Waals surface area contributed by atoms with Crippen LogP contribution < -0.4 is 10.0 Å². The molecule has 1 aliphatic carbocycles. The van der Waals surface area contributed by atoms with E-state index in [9.17, 15) is 13.2 Å². The maximum absolute atomic E-state index is 12.6. The van der Waals surface area contributed by atoms with Gasteiger partial charge in [-0.15, -0.1) is 0 Å². The lowest BCUT2D eigenvalue weighted by molar-refractivity contribution is 0.0936. The van der Waals surface area contributed by atoms with E-state index in [1.807, 2.05) is 12.1 Å². The van der Waals surface area contributed by atoms with Gasteiger partial charge in [0.15, 0.2) is 0 Å². The SMILES string of the molecule is CNS(=O)(=O)c1cc(Cl)cc(C(=O)N[C@@H]2CCc3cc(Cl)ccc32)c1. The van der Waals surface area contributed by atoms with Gasteiger partial charge < -0.3 is 5.32 Å². The third kappa shape index (κ3) is 3.82.